The molecule has 0 saturated carbocycles. The summed E-state index contributed by atoms with van der Waals surface area (Å²) in [5.41, 5.74) is 1.25. The van der Waals surface area contributed by atoms with E-state index in [1.54, 1.807) is 11.3 Å². The smallest absolute Gasteiger partial charge is 0.222 e. The van der Waals surface area contributed by atoms with E-state index in [0.29, 0.717) is 13.0 Å². The minimum Gasteiger partial charge on any atom is -0.357 e. The highest BCUT2D eigenvalue weighted by Gasteiger charge is 2.25. The summed E-state index contributed by atoms with van der Waals surface area (Å²) >= 11 is 1.71. The van der Waals surface area contributed by atoms with Crippen LogP contribution in [0.15, 0.2) is 10.4 Å². The zero-order valence-electron chi connectivity index (χ0n) is 16.8. The Bertz CT molecular complexity index is 620. The fourth-order valence-electron chi connectivity index (χ4n) is 2.88. The number of carbonyl (C=O) groups excluding carboxylic acids is 1. The number of hydrogen-bond donors (Lipinski definition) is 2. The van der Waals surface area contributed by atoms with E-state index in [0.717, 1.165) is 49.1 Å². The molecule has 0 bridgehead atoms. The van der Waals surface area contributed by atoms with Gasteiger partial charge in [-0.05, 0) is 13.3 Å². The summed E-state index contributed by atoms with van der Waals surface area (Å²) < 4.78 is 0. The van der Waals surface area contributed by atoms with Crippen molar-refractivity contribution in [3.8, 4) is 0 Å². The minimum absolute atomic E-state index is 0.0960. The third-order valence-electron chi connectivity index (χ3n) is 4.44. The van der Waals surface area contributed by atoms with Gasteiger partial charge in [-0.25, -0.2) is 4.98 Å². The number of rotatable bonds is 6. The van der Waals surface area contributed by atoms with Crippen LogP contribution in [0.2, 0.25) is 0 Å². The van der Waals surface area contributed by atoms with Crippen molar-refractivity contribution < 1.29 is 4.79 Å². The van der Waals surface area contributed by atoms with Gasteiger partial charge in [0.15, 0.2) is 5.96 Å². The number of nitrogens with zero attached hydrogens (tertiary/aromatic N) is 3. The summed E-state index contributed by atoms with van der Waals surface area (Å²) in [6, 6.07) is 0.274. The van der Waals surface area contributed by atoms with Crippen LogP contribution in [0.1, 0.15) is 58.2 Å². The van der Waals surface area contributed by atoms with Gasteiger partial charge in [-0.2, -0.15) is 0 Å². The molecule has 2 N–H and O–H groups in total. The third-order valence-corrected chi connectivity index (χ3v) is 5.35. The maximum absolute atomic E-state index is 11.8. The second-order valence-corrected chi connectivity index (χ2v) is 8.65. The standard InChI is InChI=1S/C19H33N5OS/c1-6-17(25)24-11-9-14(12-24)22-18(20-7-2)21-10-8-16-23-15(13-26-16)19(3,4)5/h13-14H,6-12H2,1-5H3,(H2,20,21,22). The predicted molar refractivity (Wildman–Crippen MR) is 109 cm³/mol. The molecule has 1 atom stereocenters. The quantitative estimate of drug-likeness (QED) is 0.589. The molecule has 2 rings (SSSR count). The largest absolute Gasteiger partial charge is 0.357 e. The normalized spacial score (nSPS) is 18.3. The highest BCUT2D eigenvalue weighted by atomic mass is 32.1. The van der Waals surface area contributed by atoms with Gasteiger partial charge in [0, 0.05) is 55.9 Å². The average molecular weight is 380 g/mol. The van der Waals surface area contributed by atoms with Crippen LogP contribution >= 0.6 is 11.3 Å². The molecule has 146 valence electrons. The Hall–Kier alpha value is -1.63. The van der Waals surface area contributed by atoms with Crippen LogP contribution < -0.4 is 10.6 Å². The second kappa shape index (κ2) is 9.35. The Morgan fingerprint density at radius 3 is 2.81 bits per heavy atom. The zero-order chi connectivity index (χ0) is 19.2. The van der Waals surface area contributed by atoms with Crippen molar-refractivity contribution in [2.45, 2.75) is 65.3 Å². The van der Waals surface area contributed by atoms with Gasteiger partial charge in [0.05, 0.1) is 10.7 Å². The van der Waals surface area contributed by atoms with Gasteiger partial charge in [0.25, 0.3) is 0 Å². The van der Waals surface area contributed by atoms with Crippen LogP contribution in [-0.2, 0) is 16.6 Å². The van der Waals surface area contributed by atoms with Crippen LogP contribution in [0.4, 0.5) is 0 Å². The first-order chi connectivity index (χ1) is 12.3. The molecule has 1 saturated heterocycles. The van der Waals surface area contributed by atoms with Gasteiger partial charge >= 0.3 is 0 Å². The molecule has 1 unspecified atom stereocenters. The van der Waals surface area contributed by atoms with E-state index in [-0.39, 0.29) is 17.4 Å². The highest BCUT2D eigenvalue weighted by Crippen LogP contribution is 2.24. The Kier molecular flexibility index (Phi) is 7.43. The van der Waals surface area contributed by atoms with E-state index >= 15 is 0 Å². The van der Waals surface area contributed by atoms with E-state index in [9.17, 15) is 4.79 Å². The number of likely N-dealkylation sites (tertiary alicyclic amines) is 1. The lowest BCUT2D eigenvalue weighted by molar-refractivity contribution is -0.129. The summed E-state index contributed by atoms with van der Waals surface area (Å²) in [5.74, 6) is 1.06. The highest BCUT2D eigenvalue weighted by molar-refractivity contribution is 7.09. The molecular weight excluding hydrogens is 346 g/mol. The molecular formula is C19H33N5OS. The zero-order valence-corrected chi connectivity index (χ0v) is 17.6. The second-order valence-electron chi connectivity index (χ2n) is 7.71. The predicted octanol–water partition coefficient (Wildman–Crippen LogP) is 2.55. The first kappa shape index (κ1) is 20.7. The number of aromatic nitrogens is 1. The van der Waals surface area contributed by atoms with Gasteiger partial charge in [0.1, 0.15) is 0 Å². The van der Waals surface area contributed by atoms with Crippen molar-refractivity contribution in [2.24, 2.45) is 4.99 Å². The lowest BCUT2D eigenvalue weighted by Gasteiger charge is -2.18. The SMILES string of the molecule is CCNC(=NCCc1nc(C(C)(C)C)cs1)NC1CCN(C(=O)CC)C1. The van der Waals surface area contributed by atoms with E-state index in [1.165, 1.54) is 0 Å². The summed E-state index contributed by atoms with van der Waals surface area (Å²) in [7, 11) is 0. The maximum atomic E-state index is 11.8. The van der Waals surface area contributed by atoms with Crippen molar-refractivity contribution in [3.63, 3.8) is 0 Å². The monoisotopic (exact) mass is 379 g/mol. The number of amides is 1. The number of nitrogens with one attached hydrogen (secondary N) is 2. The summed E-state index contributed by atoms with van der Waals surface area (Å²) in [6.45, 7) is 13.7. The summed E-state index contributed by atoms with van der Waals surface area (Å²) in [6.07, 6.45) is 2.39. The minimum atomic E-state index is 0.0960. The molecule has 2 heterocycles. The van der Waals surface area contributed by atoms with Gasteiger partial charge < -0.3 is 15.5 Å². The van der Waals surface area contributed by atoms with Crippen molar-refractivity contribution in [1.29, 1.82) is 0 Å². The van der Waals surface area contributed by atoms with Gasteiger partial charge in [-0.1, -0.05) is 27.7 Å². The van der Waals surface area contributed by atoms with Crippen LogP contribution in [-0.4, -0.2) is 54.0 Å². The van der Waals surface area contributed by atoms with E-state index in [1.807, 2.05) is 11.8 Å². The molecule has 26 heavy (non-hydrogen) atoms. The number of hydrogen-bond acceptors (Lipinski definition) is 4. The number of guanidine groups is 1. The molecule has 1 amide bonds. The molecule has 1 aliphatic heterocycles. The number of thiazole rings is 1. The maximum Gasteiger partial charge on any atom is 0.222 e. The van der Waals surface area contributed by atoms with Gasteiger partial charge in [-0.3, -0.25) is 9.79 Å². The first-order valence-electron chi connectivity index (χ1n) is 9.61. The van der Waals surface area contributed by atoms with E-state index < -0.39 is 0 Å². The third kappa shape index (κ3) is 5.97. The molecule has 7 heteroatoms. The lowest BCUT2D eigenvalue weighted by atomic mass is 9.93. The van der Waals surface area contributed by atoms with Gasteiger partial charge in [-0.15, -0.1) is 11.3 Å². The van der Waals surface area contributed by atoms with E-state index in [4.69, 9.17) is 9.98 Å². The first-order valence-corrected chi connectivity index (χ1v) is 10.5. The summed E-state index contributed by atoms with van der Waals surface area (Å²) in [4.78, 5) is 23.2. The van der Waals surface area contributed by atoms with Crippen LogP contribution in [0.3, 0.4) is 0 Å². The van der Waals surface area contributed by atoms with E-state index in [2.05, 4.69) is 43.7 Å². The fourth-order valence-corrected chi connectivity index (χ4v) is 3.89. The molecule has 6 nitrogen and oxygen atoms in total. The molecule has 1 aliphatic rings. The molecule has 0 radical (unpaired) electrons. The Labute approximate surface area is 161 Å². The molecule has 0 aliphatic carbocycles. The number of aliphatic imine (C=N–C) groups is 1. The lowest BCUT2D eigenvalue weighted by Crippen LogP contribution is -2.45. The Morgan fingerprint density at radius 1 is 1.42 bits per heavy atom. The van der Waals surface area contributed by atoms with Crippen molar-refractivity contribution in [1.82, 2.24) is 20.5 Å². The molecule has 0 aromatic carbocycles. The van der Waals surface area contributed by atoms with Crippen LogP contribution in [0.5, 0.6) is 0 Å². The van der Waals surface area contributed by atoms with Crippen molar-refractivity contribution >= 4 is 23.2 Å². The van der Waals surface area contributed by atoms with Crippen LogP contribution in [0, 0.1) is 0 Å². The Morgan fingerprint density at radius 2 is 2.19 bits per heavy atom. The van der Waals surface area contributed by atoms with Crippen LogP contribution in [0.25, 0.3) is 0 Å². The average Bonchev–Trinajstić information content (AvgIpc) is 3.23. The van der Waals surface area contributed by atoms with Crippen molar-refractivity contribution in [2.75, 3.05) is 26.2 Å². The summed E-state index contributed by atoms with van der Waals surface area (Å²) in [5, 5.41) is 10.1. The topological polar surface area (TPSA) is 69.6 Å². The molecule has 0 spiro atoms. The molecule has 1 fully saturated rings. The van der Waals surface area contributed by atoms with Gasteiger partial charge in [0.2, 0.25) is 5.91 Å². The molecule has 1 aromatic heterocycles. The van der Waals surface area contributed by atoms with Crippen molar-refractivity contribution in [3.05, 3.63) is 16.1 Å². The molecule has 1 aromatic rings. The number of carbonyl (C=O) groups is 1. The fraction of sp³-hybridized carbons (Fsp3) is 0.737. The Balaban J connectivity index is 1.87.